The number of ether oxygens (including phenoxy) is 1. The van der Waals surface area contributed by atoms with Crippen LogP contribution in [0.15, 0.2) is 24.3 Å². The number of halogens is 1. The highest BCUT2D eigenvalue weighted by atomic mass is 19.1. The van der Waals surface area contributed by atoms with Crippen molar-refractivity contribution in [3.8, 4) is 0 Å². The van der Waals surface area contributed by atoms with E-state index in [2.05, 4.69) is 5.32 Å². The van der Waals surface area contributed by atoms with E-state index in [1.807, 2.05) is 0 Å². The molecular weight excluding hydrogens is 185 g/mol. The lowest BCUT2D eigenvalue weighted by molar-refractivity contribution is 0.0992. The normalized spacial score (nSPS) is 10.1. The van der Waals surface area contributed by atoms with Crippen LogP contribution in [0.2, 0.25) is 0 Å². The van der Waals surface area contributed by atoms with E-state index >= 15 is 0 Å². The maximum atomic E-state index is 12.5. The summed E-state index contributed by atoms with van der Waals surface area (Å²) >= 11 is 0. The van der Waals surface area contributed by atoms with Crippen molar-refractivity contribution in [1.82, 2.24) is 0 Å². The lowest BCUT2D eigenvalue weighted by atomic mass is 10.3. The number of aliphatic hydroxyl groups is 1. The molecule has 1 aromatic carbocycles. The second-order valence-electron chi connectivity index (χ2n) is 2.77. The average molecular weight is 199 g/mol. The molecule has 1 aromatic rings. The van der Waals surface area contributed by atoms with E-state index in [1.54, 1.807) is 12.1 Å². The van der Waals surface area contributed by atoms with Crippen molar-refractivity contribution in [2.24, 2.45) is 0 Å². The van der Waals surface area contributed by atoms with Crippen LogP contribution < -0.4 is 5.32 Å². The summed E-state index contributed by atoms with van der Waals surface area (Å²) in [6, 6.07) is 6.14. The Morgan fingerprint density at radius 1 is 1.21 bits per heavy atom. The first-order valence-corrected chi connectivity index (χ1v) is 4.51. The highest BCUT2D eigenvalue weighted by Crippen LogP contribution is 2.07. The SMILES string of the molecule is OCCOCCNc1ccc(F)cc1. The summed E-state index contributed by atoms with van der Waals surface area (Å²) in [5.41, 5.74) is 0.860. The van der Waals surface area contributed by atoms with Crippen LogP contribution in [-0.4, -0.2) is 31.5 Å². The Hall–Kier alpha value is -1.13. The summed E-state index contributed by atoms with van der Waals surface area (Å²) in [7, 11) is 0. The largest absolute Gasteiger partial charge is 0.394 e. The fraction of sp³-hybridized carbons (Fsp3) is 0.400. The van der Waals surface area contributed by atoms with Crippen LogP contribution in [0.25, 0.3) is 0 Å². The Bertz CT molecular complexity index is 251. The molecule has 0 unspecified atom stereocenters. The monoisotopic (exact) mass is 199 g/mol. The van der Waals surface area contributed by atoms with Gasteiger partial charge in [0.05, 0.1) is 19.8 Å². The molecule has 1 rings (SSSR count). The van der Waals surface area contributed by atoms with Crippen molar-refractivity contribution in [3.05, 3.63) is 30.1 Å². The van der Waals surface area contributed by atoms with Crippen LogP contribution in [0.5, 0.6) is 0 Å². The maximum absolute atomic E-state index is 12.5. The van der Waals surface area contributed by atoms with Gasteiger partial charge in [0.2, 0.25) is 0 Å². The van der Waals surface area contributed by atoms with E-state index < -0.39 is 0 Å². The number of aliphatic hydroxyl groups excluding tert-OH is 1. The van der Waals surface area contributed by atoms with Gasteiger partial charge < -0.3 is 15.2 Å². The molecule has 14 heavy (non-hydrogen) atoms. The lowest BCUT2D eigenvalue weighted by Gasteiger charge is -2.06. The van der Waals surface area contributed by atoms with Crippen molar-refractivity contribution in [2.75, 3.05) is 31.7 Å². The van der Waals surface area contributed by atoms with Gasteiger partial charge in [-0.25, -0.2) is 4.39 Å². The minimum Gasteiger partial charge on any atom is -0.394 e. The van der Waals surface area contributed by atoms with Gasteiger partial charge in [0.1, 0.15) is 5.82 Å². The number of hydrogen-bond donors (Lipinski definition) is 2. The second kappa shape index (κ2) is 6.34. The van der Waals surface area contributed by atoms with E-state index in [9.17, 15) is 4.39 Å². The number of hydrogen-bond acceptors (Lipinski definition) is 3. The molecule has 0 fully saturated rings. The van der Waals surface area contributed by atoms with E-state index in [0.717, 1.165) is 5.69 Å². The molecular formula is C10H14FNO2. The second-order valence-corrected chi connectivity index (χ2v) is 2.77. The lowest BCUT2D eigenvalue weighted by Crippen LogP contribution is -2.11. The highest BCUT2D eigenvalue weighted by molar-refractivity contribution is 5.42. The molecule has 0 spiro atoms. The summed E-state index contributed by atoms with van der Waals surface area (Å²) < 4.78 is 17.5. The molecule has 0 amide bonds. The molecule has 78 valence electrons. The standard InChI is InChI=1S/C10H14FNO2/c11-9-1-3-10(4-2-9)12-5-7-14-8-6-13/h1-4,12-13H,5-8H2. The minimum absolute atomic E-state index is 0.0382. The van der Waals surface area contributed by atoms with Crippen molar-refractivity contribution in [1.29, 1.82) is 0 Å². The zero-order valence-corrected chi connectivity index (χ0v) is 7.87. The molecule has 0 aliphatic heterocycles. The molecule has 2 N–H and O–H groups in total. The molecule has 0 aliphatic carbocycles. The predicted octanol–water partition coefficient (Wildman–Crippen LogP) is 1.25. The van der Waals surface area contributed by atoms with Crippen LogP contribution in [0.1, 0.15) is 0 Å². The smallest absolute Gasteiger partial charge is 0.123 e. The van der Waals surface area contributed by atoms with Gasteiger partial charge in [-0.3, -0.25) is 0 Å². The first kappa shape index (κ1) is 10.9. The van der Waals surface area contributed by atoms with Gasteiger partial charge in [-0.15, -0.1) is 0 Å². The molecule has 0 saturated heterocycles. The quantitative estimate of drug-likeness (QED) is 0.677. The molecule has 0 heterocycles. The third kappa shape index (κ3) is 4.20. The number of anilines is 1. The molecule has 0 aromatic heterocycles. The Kier molecular flexibility index (Phi) is 4.96. The Balaban J connectivity index is 2.15. The molecule has 0 atom stereocenters. The Morgan fingerprint density at radius 2 is 1.93 bits per heavy atom. The summed E-state index contributed by atoms with van der Waals surface area (Å²) in [4.78, 5) is 0. The van der Waals surface area contributed by atoms with Gasteiger partial charge in [0.25, 0.3) is 0 Å². The fourth-order valence-corrected chi connectivity index (χ4v) is 1.00. The first-order valence-electron chi connectivity index (χ1n) is 4.51. The van der Waals surface area contributed by atoms with E-state index in [4.69, 9.17) is 9.84 Å². The zero-order valence-electron chi connectivity index (χ0n) is 7.87. The topological polar surface area (TPSA) is 41.5 Å². The number of benzene rings is 1. The Morgan fingerprint density at radius 3 is 2.57 bits per heavy atom. The molecule has 0 saturated carbocycles. The van der Waals surface area contributed by atoms with Crippen LogP contribution >= 0.6 is 0 Å². The number of rotatable bonds is 6. The van der Waals surface area contributed by atoms with Gasteiger partial charge in [-0.05, 0) is 24.3 Å². The number of nitrogens with one attached hydrogen (secondary N) is 1. The van der Waals surface area contributed by atoms with Gasteiger partial charge in [-0.1, -0.05) is 0 Å². The maximum Gasteiger partial charge on any atom is 0.123 e. The zero-order chi connectivity index (χ0) is 10.2. The molecule has 0 aliphatic rings. The van der Waals surface area contributed by atoms with Crippen LogP contribution in [0.4, 0.5) is 10.1 Å². The molecule has 0 bridgehead atoms. The van der Waals surface area contributed by atoms with Crippen LogP contribution in [-0.2, 0) is 4.74 Å². The van der Waals surface area contributed by atoms with Gasteiger partial charge in [0.15, 0.2) is 0 Å². The summed E-state index contributed by atoms with van der Waals surface area (Å²) in [5.74, 6) is -0.243. The van der Waals surface area contributed by atoms with Crippen molar-refractivity contribution in [3.63, 3.8) is 0 Å². The predicted molar refractivity (Wildman–Crippen MR) is 52.8 cm³/mol. The summed E-state index contributed by atoms with van der Waals surface area (Å²) in [5, 5.41) is 11.5. The molecule has 3 nitrogen and oxygen atoms in total. The van der Waals surface area contributed by atoms with Gasteiger partial charge in [-0.2, -0.15) is 0 Å². The average Bonchev–Trinajstić information content (AvgIpc) is 2.21. The third-order valence-electron chi connectivity index (χ3n) is 1.66. The summed E-state index contributed by atoms with van der Waals surface area (Å²) in [6.45, 7) is 1.56. The van der Waals surface area contributed by atoms with Gasteiger partial charge in [0, 0.05) is 12.2 Å². The van der Waals surface area contributed by atoms with E-state index in [0.29, 0.717) is 19.8 Å². The highest BCUT2D eigenvalue weighted by Gasteiger charge is 1.92. The minimum atomic E-state index is -0.243. The third-order valence-corrected chi connectivity index (χ3v) is 1.66. The van der Waals surface area contributed by atoms with Crippen molar-refractivity contribution in [2.45, 2.75) is 0 Å². The van der Waals surface area contributed by atoms with Gasteiger partial charge >= 0.3 is 0 Å². The Labute approximate surface area is 82.5 Å². The van der Waals surface area contributed by atoms with Crippen LogP contribution in [0.3, 0.4) is 0 Å². The molecule has 4 heteroatoms. The molecule has 0 radical (unpaired) electrons. The summed E-state index contributed by atoms with van der Waals surface area (Å²) in [6.07, 6.45) is 0. The van der Waals surface area contributed by atoms with E-state index in [-0.39, 0.29) is 12.4 Å². The first-order chi connectivity index (χ1) is 6.83. The van der Waals surface area contributed by atoms with Crippen LogP contribution in [0, 0.1) is 5.82 Å². The van der Waals surface area contributed by atoms with Crippen molar-refractivity contribution >= 4 is 5.69 Å². The van der Waals surface area contributed by atoms with E-state index in [1.165, 1.54) is 12.1 Å². The fourth-order valence-electron chi connectivity index (χ4n) is 1.00. The van der Waals surface area contributed by atoms with Crippen molar-refractivity contribution < 1.29 is 14.2 Å².